The van der Waals surface area contributed by atoms with Gasteiger partial charge < -0.3 is 9.47 Å². The molecule has 0 bridgehead atoms. The third-order valence-corrected chi connectivity index (χ3v) is 5.85. The largest absolute Gasteiger partial charge is 0.375 e. The lowest BCUT2D eigenvalue weighted by molar-refractivity contribution is -0.136. The Hall–Kier alpha value is -0.160. The summed E-state index contributed by atoms with van der Waals surface area (Å²) in [7, 11) is 0. The third kappa shape index (κ3) is 2.76. The zero-order chi connectivity index (χ0) is 14.1. The smallest absolute Gasteiger partial charge is 0.0823 e. The molecule has 3 fully saturated rings. The van der Waals surface area contributed by atoms with Gasteiger partial charge in [-0.2, -0.15) is 0 Å². The lowest BCUT2D eigenvalue weighted by Gasteiger charge is -2.48. The van der Waals surface area contributed by atoms with Gasteiger partial charge in [0, 0.05) is 13.2 Å². The molecule has 2 heterocycles. The monoisotopic (exact) mass is 282 g/mol. The second kappa shape index (κ2) is 5.91. The first kappa shape index (κ1) is 14.8. The van der Waals surface area contributed by atoms with Gasteiger partial charge in [0.25, 0.3) is 0 Å². The highest BCUT2D eigenvalue weighted by Crippen LogP contribution is 2.44. The van der Waals surface area contributed by atoms with Gasteiger partial charge in [-0.1, -0.05) is 19.3 Å². The first-order valence-corrected chi connectivity index (χ1v) is 8.42. The van der Waals surface area contributed by atoms with Gasteiger partial charge in [-0.05, 0) is 51.4 Å². The molecule has 1 aliphatic carbocycles. The van der Waals surface area contributed by atoms with Crippen LogP contribution in [-0.2, 0) is 9.47 Å². The SMILES string of the molecule is CC1(C(NN)C2CCOC3(CCCCC3)C2)CCCO1. The predicted octanol–water partition coefficient (Wildman–Crippen LogP) is 2.52. The highest BCUT2D eigenvalue weighted by Gasteiger charge is 2.47. The van der Waals surface area contributed by atoms with Gasteiger partial charge in [0.05, 0.1) is 17.2 Å². The predicted molar refractivity (Wildman–Crippen MR) is 79.2 cm³/mol. The van der Waals surface area contributed by atoms with Crippen molar-refractivity contribution in [2.75, 3.05) is 13.2 Å². The van der Waals surface area contributed by atoms with E-state index < -0.39 is 0 Å². The Balaban J connectivity index is 1.71. The van der Waals surface area contributed by atoms with Crippen molar-refractivity contribution in [3.8, 4) is 0 Å². The van der Waals surface area contributed by atoms with Gasteiger partial charge in [0.1, 0.15) is 0 Å². The minimum atomic E-state index is -0.0907. The molecule has 3 aliphatic rings. The molecule has 3 atom stereocenters. The maximum Gasteiger partial charge on any atom is 0.0823 e. The second-order valence-corrected chi connectivity index (χ2v) is 7.25. The van der Waals surface area contributed by atoms with Crippen molar-refractivity contribution in [1.29, 1.82) is 0 Å². The Morgan fingerprint density at radius 1 is 1.05 bits per heavy atom. The van der Waals surface area contributed by atoms with Gasteiger partial charge in [0.15, 0.2) is 0 Å². The number of rotatable bonds is 3. The molecule has 1 spiro atoms. The molecule has 0 aromatic heterocycles. The molecule has 4 heteroatoms. The van der Waals surface area contributed by atoms with Crippen molar-refractivity contribution >= 4 is 0 Å². The number of ether oxygens (including phenoxy) is 2. The van der Waals surface area contributed by atoms with Crippen LogP contribution in [0, 0.1) is 5.92 Å². The Kier molecular flexibility index (Phi) is 4.37. The van der Waals surface area contributed by atoms with Gasteiger partial charge in [-0.25, -0.2) is 0 Å². The summed E-state index contributed by atoms with van der Waals surface area (Å²) >= 11 is 0. The first-order valence-electron chi connectivity index (χ1n) is 8.42. The molecule has 3 unspecified atom stereocenters. The molecule has 0 radical (unpaired) electrons. The molecule has 0 amide bonds. The van der Waals surface area contributed by atoms with Gasteiger partial charge >= 0.3 is 0 Å². The van der Waals surface area contributed by atoms with Crippen molar-refractivity contribution in [1.82, 2.24) is 5.43 Å². The topological polar surface area (TPSA) is 56.5 Å². The van der Waals surface area contributed by atoms with Crippen LogP contribution in [0.5, 0.6) is 0 Å². The fraction of sp³-hybridized carbons (Fsp3) is 1.00. The van der Waals surface area contributed by atoms with Crippen LogP contribution in [0.1, 0.15) is 64.7 Å². The summed E-state index contributed by atoms with van der Waals surface area (Å²) in [6.45, 7) is 4.00. The molecule has 0 aromatic rings. The Morgan fingerprint density at radius 3 is 2.50 bits per heavy atom. The lowest BCUT2D eigenvalue weighted by Crippen LogP contribution is -2.58. The Labute approximate surface area is 122 Å². The quantitative estimate of drug-likeness (QED) is 0.617. The summed E-state index contributed by atoms with van der Waals surface area (Å²) in [4.78, 5) is 0. The molecule has 3 rings (SSSR count). The normalized spacial score (nSPS) is 39.0. The van der Waals surface area contributed by atoms with Crippen molar-refractivity contribution in [3.05, 3.63) is 0 Å². The molecular weight excluding hydrogens is 252 g/mol. The van der Waals surface area contributed by atoms with Crippen LogP contribution in [0.4, 0.5) is 0 Å². The van der Waals surface area contributed by atoms with Crippen LogP contribution in [0.2, 0.25) is 0 Å². The lowest BCUT2D eigenvalue weighted by atomic mass is 9.71. The number of nitrogens with one attached hydrogen (secondary N) is 1. The van der Waals surface area contributed by atoms with Gasteiger partial charge in [-0.15, -0.1) is 0 Å². The molecule has 2 saturated heterocycles. The average Bonchev–Trinajstić information content (AvgIpc) is 2.88. The van der Waals surface area contributed by atoms with Crippen molar-refractivity contribution in [2.45, 2.75) is 82.0 Å². The highest BCUT2D eigenvalue weighted by molar-refractivity contribution is 5.00. The fourth-order valence-corrected chi connectivity index (χ4v) is 4.75. The van der Waals surface area contributed by atoms with Crippen LogP contribution in [0.25, 0.3) is 0 Å². The highest BCUT2D eigenvalue weighted by atomic mass is 16.5. The minimum Gasteiger partial charge on any atom is -0.375 e. The number of nitrogens with two attached hydrogens (primary N) is 1. The summed E-state index contributed by atoms with van der Waals surface area (Å²) in [6, 6.07) is 0.257. The summed E-state index contributed by atoms with van der Waals surface area (Å²) < 4.78 is 12.3. The van der Waals surface area contributed by atoms with Crippen LogP contribution >= 0.6 is 0 Å². The van der Waals surface area contributed by atoms with Gasteiger partial charge in [-0.3, -0.25) is 11.3 Å². The summed E-state index contributed by atoms with van der Waals surface area (Å²) in [5, 5.41) is 0. The maximum atomic E-state index is 6.22. The van der Waals surface area contributed by atoms with E-state index >= 15 is 0 Å². The molecule has 20 heavy (non-hydrogen) atoms. The molecule has 2 aliphatic heterocycles. The molecular formula is C16H30N2O2. The zero-order valence-corrected chi connectivity index (χ0v) is 12.8. The Bertz CT molecular complexity index is 317. The van der Waals surface area contributed by atoms with Crippen molar-refractivity contribution in [2.24, 2.45) is 11.8 Å². The summed E-state index contributed by atoms with van der Waals surface area (Å²) in [5.74, 6) is 6.49. The second-order valence-electron chi connectivity index (χ2n) is 7.25. The van der Waals surface area contributed by atoms with E-state index in [0.29, 0.717) is 5.92 Å². The number of hydrogen-bond acceptors (Lipinski definition) is 4. The van der Waals surface area contributed by atoms with E-state index in [4.69, 9.17) is 15.3 Å². The molecule has 0 aromatic carbocycles. The van der Waals surface area contributed by atoms with Crippen molar-refractivity contribution < 1.29 is 9.47 Å². The molecule has 116 valence electrons. The maximum absolute atomic E-state index is 6.22. The molecule has 4 nitrogen and oxygen atoms in total. The van der Waals surface area contributed by atoms with E-state index in [0.717, 1.165) is 38.9 Å². The van der Waals surface area contributed by atoms with E-state index in [1.807, 2.05) is 0 Å². The number of hydrazine groups is 1. The summed E-state index contributed by atoms with van der Waals surface area (Å²) in [5.41, 5.74) is 3.15. The van der Waals surface area contributed by atoms with Crippen LogP contribution in [0.15, 0.2) is 0 Å². The van der Waals surface area contributed by atoms with E-state index in [-0.39, 0.29) is 17.2 Å². The molecule has 1 saturated carbocycles. The first-order chi connectivity index (χ1) is 9.68. The van der Waals surface area contributed by atoms with E-state index in [2.05, 4.69) is 12.3 Å². The van der Waals surface area contributed by atoms with Gasteiger partial charge in [0.2, 0.25) is 0 Å². The standard InChI is InChI=1S/C16H30N2O2/c1-15(7-5-10-19-15)14(18-17)13-6-11-20-16(12-13)8-3-2-4-9-16/h13-14,18H,2-12,17H2,1H3. The van der Waals surface area contributed by atoms with E-state index in [1.165, 1.54) is 32.1 Å². The fourth-order valence-electron chi connectivity index (χ4n) is 4.75. The van der Waals surface area contributed by atoms with Crippen molar-refractivity contribution in [3.63, 3.8) is 0 Å². The number of hydrogen-bond donors (Lipinski definition) is 2. The third-order valence-electron chi connectivity index (χ3n) is 5.85. The minimum absolute atomic E-state index is 0.0907. The average molecular weight is 282 g/mol. The van der Waals surface area contributed by atoms with Crippen LogP contribution < -0.4 is 11.3 Å². The zero-order valence-electron chi connectivity index (χ0n) is 12.8. The van der Waals surface area contributed by atoms with E-state index in [1.54, 1.807) is 0 Å². The summed E-state index contributed by atoms with van der Waals surface area (Å²) in [6.07, 6.45) is 11.0. The van der Waals surface area contributed by atoms with Crippen LogP contribution in [-0.4, -0.2) is 30.5 Å². The Morgan fingerprint density at radius 2 is 1.85 bits per heavy atom. The van der Waals surface area contributed by atoms with Crippen LogP contribution in [0.3, 0.4) is 0 Å². The van der Waals surface area contributed by atoms with E-state index in [9.17, 15) is 0 Å². The molecule has 3 N–H and O–H groups in total.